The van der Waals surface area contributed by atoms with Gasteiger partial charge >= 0.3 is 5.69 Å². The first-order valence-corrected chi connectivity index (χ1v) is 9.37. The molecule has 1 aliphatic rings. The number of aryl methyl sites for hydroxylation is 2. The Hall–Kier alpha value is -1.84. The quantitative estimate of drug-likeness (QED) is 0.286. The number of hydrogen-bond acceptors (Lipinski definition) is 3. The molecular formula is C19H29IN6O. The lowest BCUT2D eigenvalue weighted by molar-refractivity contribution is 0.509. The summed E-state index contributed by atoms with van der Waals surface area (Å²) in [6, 6.07) is 10.4. The van der Waals surface area contributed by atoms with E-state index in [1.54, 1.807) is 11.7 Å². The van der Waals surface area contributed by atoms with E-state index in [9.17, 15) is 4.79 Å². The lowest BCUT2D eigenvalue weighted by atomic mass is 10.1. The van der Waals surface area contributed by atoms with Crippen molar-refractivity contribution in [3.05, 3.63) is 52.2 Å². The Bertz CT molecular complexity index is 798. The van der Waals surface area contributed by atoms with Gasteiger partial charge in [0, 0.05) is 33.1 Å². The summed E-state index contributed by atoms with van der Waals surface area (Å²) in [6.07, 6.45) is 3.92. The molecule has 0 aliphatic carbocycles. The van der Waals surface area contributed by atoms with E-state index in [0.717, 1.165) is 50.6 Å². The highest BCUT2D eigenvalue weighted by molar-refractivity contribution is 14.0. The van der Waals surface area contributed by atoms with Crippen molar-refractivity contribution in [1.29, 1.82) is 0 Å². The standard InChI is InChI=1S/C19H28N6O.HI/c1-15(16-9-4-3-5-10-16)22-18(20-2)21-12-8-14-25-19(26)24-13-7-6-11-17(24)23-25;/h3-5,9-10,15H,6-8,11-14H2,1-2H3,(H2,20,21,22);1H. The molecule has 1 aliphatic heterocycles. The highest BCUT2D eigenvalue weighted by Crippen LogP contribution is 2.11. The molecule has 7 nitrogen and oxygen atoms in total. The van der Waals surface area contributed by atoms with Crippen molar-refractivity contribution in [2.24, 2.45) is 4.99 Å². The van der Waals surface area contributed by atoms with Gasteiger partial charge in [-0.3, -0.25) is 9.56 Å². The maximum Gasteiger partial charge on any atom is 0.345 e. The van der Waals surface area contributed by atoms with Gasteiger partial charge in [-0.05, 0) is 31.7 Å². The molecule has 0 radical (unpaired) electrons. The van der Waals surface area contributed by atoms with E-state index in [2.05, 4.69) is 39.8 Å². The van der Waals surface area contributed by atoms with Crippen LogP contribution in [0.15, 0.2) is 40.1 Å². The summed E-state index contributed by atoms with van der Waals surface area (Å²) in [5.74, 6) is 1.70. The van der Waals surface area contributed by atoms with Crippen LogP contribution in [-0.4, -0.2) is 33.9 Å². The number of halogens is 1. The minimum Gasteiger partial charge on any atom is -0.356 e. The smallest absolute Gasteiger partial charge is 0.345 e. The molecule has 3 rings (SSSR count). The number of guanidine groups is 1. The second-order valence-corrected chi connectivity index (χ2v) is 6.66. The summed E-state index contributed by atoms with van der Waals surface area (Å²) < 4.78 is 3.42. The van der Waals surface area contributed by atoms with Crippen molar-refractivity contribution in [3.63, 3.8) is 0 Å². The Balaban J connectivity index is 0.00000261. The normalized spacial score (nSPS) is 14.8. The topological polar surface area (TPSA) is 76.2 Å². The molecule has 1 atom stereocenters. The van der Waals surface area contributed by atoms with Crippen LogP contribution in [0.2, 0.25) is 0 Å². The molecule has 148 valence electrons. The molecule has 27 heavy (non-hydrogen) atoms. The largest absolute Gasteiger partial charge is 0.356 e. The van der Waals surface area contributed by atoms with Gasteiger partial charge < -0.3 is 10.6 Å². The van der Waals surface area contributed by atoms with E-state index in [1.165, 1.54) is 5.56 Å². The summed E-state index contributed by atoms with van der Waals surface area (Å²) in [4.78, 5) is 16.6. The summed E-state index contributed by atoms with van der Waals surface area (Å²) in [7, 11) is 1.76. The molecule has 2 aromatic rings. The second-order valence-electron chi connectivity index (χ2n) is 6.66. The zero-order valence-corrected chi connectivity index (χ0v) is 18.3. The molecule has 1 aromatic heterocycles. The molecular weight excluding hydrogens is 455 g/mol. The number of rotatable bonds is 6. The lowest BCUT2D eigenvalue weighted by Crippen LogP contribution is -2.39. The van der Waals surface area contributed by atoms with E-state index in [0.29, 0.717) is 6.54 Å². The van der Waals surface area contributed by atoms with Crippen LogP contribution in [0.5, 0.6) is 0 Å². The lowest BCUT2D eigenvalue weighted by Gasteiger charge is -2.18. The van der Waals surface area contributed by atoms with Crippen LogP contribution in [-0.2, 0) is 19.5 Å². The number of fused-ring (bicyclic) bond motifs is 1. The van der Waals surface area contributed by atoms with E-state index in [1.807, 2.05) is 22.8 Å². The number of aromatic nitrogens is 3. The highest BCUT2D eigenvalue weighted by Gasteiger charge is 2.16. The number of benzene rings is 1. The van der Waals surface area contributed by atoms with Crippen molar-refractivity contribution in [3.8, 4) is 0 Å². The third-order valence-corrected chi connectivity index (χ3v) is 4.75. The first kappa shape index (κ1) is 21.5. The first-order chi connectivity index (χ1) is 12.7. The molecule has 0 fully saturated rings. The van der Waals surface area contributed by atoms with Crippen LogP contribution in [0.4, 0.5) is 0 Å². The molecule has 0 saturated carbocycles. The number of nitrogens with zero attached hydrogens (tertiary/aromatic N) is 4. The van der Waals surface area contributed by atoms with Gasteiger partial charge in [0.15, 0.2) is 5.96 Å². The van der Waals surface area contributed by atoms with Crippen LogP contribution in [0.3, 0.4) is 0 Å². The van der Waals surface area contributed by atoms with Crippen LogP contribution in [0, 0.1) is 0 Å². The Labute approximate surface area is 177 Å². The Morgan fingerprint density at radius 2 is 2.07 bits per heavy atom. The Morgan fingerprint density at radius 3 is 2.78 bits per heavy atom. The molecule has 8 heteroatoms. The first-order valence-electron chi connectivity index (χ1n) is 9.37. The summed E-state index contributed by atoms with van der Waals surface area (Å²) in [5.41, 5.74) is 1.24. The molecule has 0 amide bonds. The zero-order chi connectivity index (χ0) is 18.4. The van der Waals surface area contributed by atoms with E-state index in [4.69, 9.17) is 0 Å². The van der Waals surface area contributed by atoms with Crippen molar-refractivity contribution in [1.82, 2.24) is 25.0 Å². The summed E-state index contributed by atoms with van der Waals surface area (Å²) in [6.45, 7) is 4.27. The Kier molecular flexibility index (Phi) is 8.33. The molecule has 0 spiro atoms. The monoisotopic (exact) mass is 484 g/mol. The third-order valence-electron chi connectivity index (χ3n) is 4.75. The number of hydrogen-bond donors (Lipinski definition) is 2. The predicted octanol–water partition coefficient (Wildman–Crippen LogP) is 2.32. The zero-order valence-electron chi connectivity index (χ0n) is 16.0. The number of nitrogens with one attached hydrogen (secondary N) is 2. The van der Waals surface area contributed by atoms with Gasteiger partial charge in [-0.1, -0.05) is 30.3 Å². The minimum absolute atomic E-state index is 0. The predicted molar refractivity (Wildman–Crippen MR) is 119 cm³/mol. The van der Waals surface area contributed by atoms with Crippen molar-refractivity contribution < 1.29 is 0 Å². The van der Waals surface area contributed by atoms with E-state index in [-0.39, 0.29) is 35.7 Å². The highest BCUT2D eigenvalue weighted by atomic mass is 127. The van der Waals surface area contributed by atoms with Crippen LogP contribution >= 0.6 is 24.0 Å². The third kappa shape index (κ3) is 5.57. The van der Waals surface area contributed by atoms with Crippen molar-refractivity contribution in [2.75, 3.05) is 13.6 Å². The summed E-state index contributed by atoms with van der Waals surface area (Å²) >= 11 is 0. The van der Waals surface area contributed by atoms with Gasteiger partial charge in [0.05, 0.1) is 6.04 Å². The van der Waals surface area contributed by atoms with Gasteiger partial charge in [-0.15, -0.1) is 24.0 Å². The molecule has 1 unspecified atom stereocenters. The fraction of sp³-hybridized carbons (Fsp3) is 0.526. The fourth-order valence-corrected chi connectivity index (χ4v) is 3.25. The molecule has 0 saturated heterocycles. The van der Waals surface area contributed by atoms with Crippen LogP contribution in [0.1, 0.15) is 43.6 Å². The summed E-state index contributed by atoms with van der Waals surface area (Å²) in [5, 5.41) is 11.2. The average Bonchev–Trinajstić information content (AvgIpc) is 3.01. The van der Waals surface area contributed by atoms with Crippen molar-refractivity contribution >= 4 is 29.9 Å². The van der Waals surface area contributed by atoms with Gasteiger partial charge in [0.2, 0.25) is 0 Å². The van der Waals surface area contributed by atoms with E-state index >= 15 is 0 Å². The molecule has 0 bridgehead atoms. The van der Waals surface area contributed by atoms with Gasteiger partial charge in [-0.25, -0.2) is 9.48 Å². The fourth-order valence-electron chi connectivity index (χ4n) is 3.25. The Morgan fingerprint density at radius 1 is 1.30 bits per heavy atom. The van der Waals surface area contributed by atoms with E-state index < -0.39 is 0 Å². The van der Waals surface area contributed by atoms with Gasteiger partial charge in [-0.2, -0.15) is 5.10 Å². The minimum atomic E-state index is 0. The van der Waals surface area contributed by atoms with Gasteiger partial charge in [0.25, 0.3) is 0 Å². The SMILES string of the molecule is CN=C(NCCCn1nc2n(c1=O)CCCC2)NC(C)c1ccccc1.I. The average molecular weight is 484 g/mol. The van der Waals surface area contributed by atoms with Crippen molar-refractivity contribution in [2.45, 2.75) is 51.7 Å². The maximum absolute atomic E-state index is 12.3. The molecule has 2 heterocycles. The second kappa shape index (κ2) is 10.5. The van der Waals surface area contributed by atoms with Gasteiger partial charge in [0.1, 0.15) is 5.82 Å². The maximum atomic E-state index is 12.3. The number of aliphatic imine (C=N–C) groups is 1. The van der Waals surface area contributed by atoms with Crippen LogP contribution in [0.25, 0.3) is 0 Å². The van der Waals surface area contributed by atoms with Crippen LogP contribution < -0.4 is 16.3 Å². The molecule has 1 aromatic carbocycles. The molecule has 2 N–H and O–H groups in total.